The van der Waals surface area contributed by atoms with Gasteiger partial charge in [-0.1, -0.05) is 11.6 Å². The Morgan fingerprint density at radius 3 is 2.86 bits per heavy atom. The average molecular weight is 311 g/mol. The van der Waals surface area contributed by atoms with Crippen LogP contribution in [-0.2, 0) is 9.53 Å². The lowest BCUT2D eigenvalue weighted by molar-refractivity contribution is -0.140. The Balaban J connectivity index is 1.57. The number of hydrogen-bond donors (Lipinski definition) is 2. The number of nitrogens with one attached hydrogen (secondary N) is 1. The van der Waals surface area contributed by atoms with Crippen LogP contribution in [0.2, 0.25) is 5.02 Å². The van der Waals surface area contributed by atoms with Crippen LogP contribution in [0.4, 0.5) is 5.69 Å². The molecule has 2 aliphatic rings. The number of carbonyl (C=O) groups excluding carboxylic acids is 1. The maximum Gasteiger partial charge on any atom is 0.254 e. The summed E-state index contributed by atoms with van der Waals surface area (Å²) in [7, 11) is 0. The molecule has 114 valence electrons. The first kappa shape index (κ1) is 14.6. The Morgan fingerprint density at radius 1 is 1.43 bits per heavy atom. The number of ether oxygens (including phenoxy) is 1. The molecular formula is C15H19ClN2O3. The zero-order valence-electron chi connectivity index (χ0n) is 11.7. The number of carbonyl (C=O) groups is 1. The molecule has 6 heteroatoms. The first-order valence-electron chi connectivity index (χ1n) is 7.18. The molecule has 2 aliphatic heterocycles. The van der Waals surface area contributed by atoms with Gasteiger partial charge in [-0.2, -0.15) is 0 Å². The molecule has 2 N–H and O–H groups in total. The van der Waals surface area contributed by atoms with Crippen LogP contribution in [0.15, 0.2) is 24.3 Å². The van der Waals surface area contributed by atoms with Crippen molar-refractivity contribution in [3.05, 3.63) is 29.3 Å². The number of hydrogen-bond acceptors (Lipinski definition) is 4. The van der Waals surface area contributed by atoms with Gasteiger partial charge in [0.05, 0.1) is 13.2 Å². The lowest BCUT2D eigenvalue weighted by Crippen LogP contribution is -2.51. The third-order valence-corrected chi connectivity index (χ3v) is 4.39. The van der Waals surface area contributed by atoms with Crippen LogP contribution in [-0.4, -0.2) is 49.0 Å². The number of anilines is 1. The summed E-state index contributed by atoms with van der Waals surface area (Å²) in [6, 6.07) is 7.73. The smallest absolute Gasteiger partial charge is 0.254 e. The average Bonchev–Trinajstić information content (AvgIpc) is 3.10. The summed E-state index contributed by atoms with van der Waals surface area (Å²) in [5.74, 6) is -0.317. The number of halogens is 1. The molecule has 2 atom stereocenters. The quantitative estimate of drug-likeness (QED) is 0.880. The standard InChI is InChI=1S/C15H19ClN2O3/c16-11-1-3-13(4-2-11)18-7-5-12(9-18)17-14(19)15(20)6-8-21-10-15/h1-4,12,20H,5-10H2,(H,17,19). The molecule has 0 saturated carbocycles. The minimum absolute atomic E-state index is 0.0535. The molecule has 2 heterocycles. The van der Waals surface area contributed by atoms with Crippen LogP contribution >= 0.6 is 11.6 Å². The van der Waals surface area contributed by atoms with Crippen LogP contribution in [0, 0.1) is 0 Å². The van der Waals surface area contributed by atoms with E-state index in [2.05, 4.69) is 10.2 Å². The Hall–Kier alpha value is -1.30. The van der Waals surface area contributed by atoms with Crippen LogP contribution in [0.3, 0.4) is 0 Å². The van der Waals surface area contributed by atoms with Crippen molar-refractivity contribution in [2.75, 3.05) is 31.2 Å². The van der Waals surface area contributed by atoms with Gasteiger partial charge in [-0.15, -0.1) is 0 Å². The largest absolute Gasteiger partial charge is 0.378 e. The molecular weight excluding hydrogens is 292 g/mol. The zero-order chi connectivity index (χ0) is 14.9. The summed E-state index contributed by atoms with van der Waals surface area (Å²) in [5, 5.41) is 13.8. The topological polar surface area (TPSA) is 61.8 Å². The van der Waals surface area contributed by atoms with Crippen molar-refractivity contribution < 1.29 is 14.6 Å². The van der Waals surface area contributed by atoms with E-state index in [0.717, 1.165) is 25.2 Å². The highest BCUT2D eigenvalue weighted by Gasteiger charge is 2.41. The normalized spacial score (nSPS) is 28.9. The predicted molar refractivity (Wildman–Crippen MR) is 80.6 cm³/mol. The molecule has 2 unspecified atom stereocenters. The highest BCUT2D eigenvalue weighted by Crippen LogP contribution is 2.23. The highest BCUT2D eigenvalue weighted by molar-refractivity contribution is 6.30. The first-order valence-corrected chi connectivity index (χ1v) is 7.56. The molecule has 21 heavy (non-hydrogen) atoms. The Labute approximate surface area is 128 Å². The van der Waals surface area contributed by atoms with Gasteiger partial charge in [0.1, 0.15) is 0 Å². The van der Waals surface area contributed by atoms with Crippen LogP contribution in [0.1, 0.15) is 12.8 Å². The molecule has 1 aromatic rings. The lowest BCUT2D eigenvalue weighted by atomic mass is 10.0. The number of aliphatic hydroxyl groups is 1. The zero-order valence-corrected chi connectivity index (χ0v) is 12.5. The van der Waals surface area contributed by atoms with E-state index in [1.807, 2.05) is 24.3 Å². The van der Waals surface area contributed by atoms with Crippen molar-refractivity contribution in [3.63, 3.8) is 0 Å². The van der Waals surface area contributed by atoms with Gasteiger partial charge in [-0.25, -0.2) is 0 Å². The van der Waals surface area contributed by atoms with Crippen molar-refractivity contribution >= 4 is 23.2 Å². The highest BCUT2D eigenvalue weighted by atomic mass is 35.5. The SMILES string of the molecule is O=C(NC1CCN(c2ccc(Cl)cc2)C1)C1(O)CCOC1. The molecule has 0 aliphatic carbocycles. The molecule has 2 fully saturated rings. The van der Waals surface area contributed by atoms with Gasteiger partial charge in [0, 0.05) is 36.3 Å². The second-order valence-corrected chi connectivity index (χ2v) is 6.15. The summed E-state index contributed by atoms with van der Waals surface area (Å²) < 4.78 is 5.11. The van der Waals surface area contributed by atoms with Gasteiger partial charge < -0.3 is 20.1 Å². The van der Waals surface area contributed by atoms with Gasteiger partial charge in [-0.3, -0.25) is 4.79 Å². The molecule has 5 nitrogen and oxygen atoms in total. The van der Waals surface area contributed by atoms with Crippen LogP contribution in [0.25, 0.3) is 0 Å². The summed E-state index contributed by atoms with van der Waals surface area (Å²) >= 11 is 5.89. The van der Waals surface area contributed by atoms with Crippen molar-refractivity contribution in [2.45, 2.75) is 24.5 Å². The van der Waals surface area contributed by atoms with Crippen molar-refractivity contribution in [2.24, 2.45) is 0 Å². The Morgan fingerprint density at radius 2 is 2.19 bits per heavy atom. The second-order valence-electron chi connectivity index (χ2n) is 5.72. The van der Waals surface area contributed by atoms with E-state index in [-0.39, 0.29) is 18.6 Å². The van der Waals surface area contributed by atoms with E-state index in [1.54, 1.807) is 0 Å². The van der Waals surface area contributed by atoms with Gasteiger partial charge in [0.15, 0.2) is 5.60 Å². The van der Waals surface area contributed by atoms with E-state index >= 15 is 0 Å². The fourth-order valence-electron chi connectivity index (χ4n) is 2.82. The fourth-order valence-corrected chi connectivity index (χ4v) is 2.94. The summed E-state index contributed by atoms with van der Waals surface area (Å²) in [6.45, 7) is 2.14. The van der Waals surface area contributed by atoms with E-state index in [4.69, 9.17) is 16.3 Å². The van der Waals surface area contributed by atoms with Crippen LogP contribution < -0.4 is 10.2 Å². The van der Waals surface area contributed by atoms with E-state index in [0.29, 0.717) is 18.1 Å². The monoisotopic (exact) mass is 310 g/mol. The van der Waals surface area contributed by atoms with Gasteiger partial charge in [0.2, 0.25) is 0 Å². The molecule has 1 amide bonds. The molecule has 0 radical (unpaired) electrons. The third kappa shape index (κ3) is 3.15. The molecule has 1 aromatic carbocycles. The van der Waals surface area contributed by atoms with Gasteiger partial charge in [-0.05, 0) is 30.7 Å². The number of rotatable bonds is 3. The minimum atomic E-state index is -1.35. The third-order valence-electron chi connectivity index (χ3n) is 4.14. The number of benzene rings is 1. The second kappa shape index (κ2) is 5.83. The maximum atomic E-state index is 12.1. The molecule has 3 rings (SSSR count). The lowest BCUT2D eigenvalue weighted by Gasteiger charge is -2.23. The van der Waals surface area contributed by atoms with Gasteiger partial charge in [0.25, 0.3) is 5.91 Å². The van der Waals surface area contributed by atoms with Gasteiger partial charge >= 0.3 is 0 Å². The Bertz CT molecular complexity index is 514. The Kier molecular flexibility index (Phi) is 4.06. The molecule has 0 spiro atoms. The fraction of sp³-hybridized carbons (Fsp3) is 0.533. The van der Waals surface area contributed by atoms with Crippen molar-refractivity contribution in [3.8, 4) is 0 Å². The van der Waals surface area contributed by atoms with Crippen molar-refractivity contribution in [1.82, 2.24) is 5.32 Å². The molecule has 0 bridgehead atoms. The molecule has 2 saturated heterocycles. The molecule has 0 aromatic heterocycles. The summed E-state index contributed by atoms with van der Waals surface area (Å²) in [4.78, 5) is 14.3. The number of amides is 1. The summed E-state index contributed by atoms with van der Waals surface area (Å²) in [6.07, 6.45) is 1.23. The first-order chi connectivity index (χ1) is 10.1. The van der Waals surface area contributed by atoms with E-state index < -0.39 is 5.60 Å². The predicted octanol–water partition coefficient (Wildman–Crippen LogP) is 1.19. The van der Waals surface area contributed by atoms with Crippen molar-refractivity contribution in [1.29, 1.82) is 0 Å². The van der Waals surface area contributed by atoms with E-state index in [1.165, 1.54) is 0 Å². The number of nitrogens with zero attached hydrogens (tertiary/aromatic N) is 1. The maximum absolute atomic E-state index is 12.1. The van der Waals surface area contributed by atoms with E-state index in [9.17, 15) is 9.90 Å². The van der Waals surface area contributed by atoms with Crippen LogP contribution in [0.5, 0.6) is 0 Å². The minimum Gasteiger partial charge on any atom is -0.378 e. The summed E-state index contributed by atoms with van der Waals surface area (Å²) in [5.41, 5.74) is -0.257.